The normalized spacial score (nSPS) is 18.4. The maximum Gasteiger partial charge on any atom is 0.334 e. The minimum Gasteiger partial charge on any atom is -0.376 e. The van der Waals surface area contributed by atoms with Crippen LogP contribution in [0.3, 0.4) is 0 Å². The van der Waals surface area contributed by atoms with E-state index in [-0.39, 0.29) is 39.3 Å². The van der Waals surface area contributed by atoms with Crippen molar-refractivity contribution in [1.29, 1.82) is 0 Å². The second-order valence-electron chi connectivity index (χ2n) is 27.8. The van der Waals surface area contributed by atoms with Crippen molar-refractivity contribution < 1.29 is 0 Å². The topological polar surface area (TPSA) is 6.48 Å². The predicted octanol–water partition coefficient (Wildman–Crippen LogP) is 19.2. The molecule has 0 N–H and O–H groups in total. The van der Waals surface area contributed by atoms with Crippen LogP contribution in [-0.4, -0.2) is 6.85 Å². The zero-order valence-corrected chi connectivity index (χ0v) is 48.5. The summed E-state index contributed by atoms with van der Waals surface area (Å²) < 4.78 is 1.38. The number of fused-ring (bicyclic) bond motifs is 12. The Bertz CT molecular complexity index is 3950. The molecule has 0 spiro atoms. The van der Waals surface area contributed by atoms with Crippen LogP contribution in [0.1, 0.15) is 155 Å². The molecule has 14 rings (SSSR count). The third-order valence-corrected chi connectivity index (χ3v) is 20.9. The van der Waals surface area contributed by atoms with Crippen LogP contribution in [0.25, 0.3) is 54.6 Å². The lowest BCUT2D eigenvalue weighted by molar-refractivity contribution is 0.332. The van der Waals surface area contributed by atoms with Gasteiger partial charge in [-0.1, -0.05) is 193 Å². The lowest BCUT2D eigenvalue weighted by Crippen LogP contribution is -2.61. The van der Waals surface area contributed by atoms with E-state index in [4.69, 9.17) is 0 Å². The Hall–Kier alpha value is -6.62. The highest BCUT2D eigenvalue weighted by atomic mass is 32.1. The Morgan fingerprint density at radius 1 is 0.442 bits per heavy atom. The van der Waals surface area contributed by atoms with Crippen molar-refractivity contribution in [2.75, 3.05) is 9.71 Å². The molecule has 0 amide bonds. The maximum absolute atomic E-state index is 2.83. The zero-order valence-electron chi connectivity index (χ0n) is 47.7. The van der Waals surface area contributed by atoms with Gasteiger partial charge < -0.3 is 9.71 Å². The van der Waals surface area contributed by atoms with Gasteiger partial charge in [0.2, 0.25) is 0 Å². The third kappa shape index (κ3) is 7.05. The second-order valence-corrected chi connectivity index (χ2v) is 28.8. The van der Waals surface area contributed by atoms with Gasteiger partial charge in [-0.3, -0.25) is 0 Å². The number of hydrogen-bond acceptors (Lipinski definition) is 3. The maximum atomic E-state index is 2.83. The summed E-state index contributed by atoms with van der Waals surface area (Å²) >= 11 is 2.03. The lowest BCUT2D eigenvalue weighted by atomic mass is 9.43. The first-order valence-electron chi connectivity index (χ1n) is 28.6. The number of thiophene rings is 1. The standard InChI is InChI=1S/C73H73BN2S/c1-68(2,3)47-29-33-60(50(39-47)45-24-18-15-19-25-45)75-66-63-52(49-26-20-21-27-55(49)73(63,12)13)41-53-51-38-46(44-22-16-14-17-23-44)28-32-61(51)76(48-30-31-56-57(40-48)70(6,7)35-34-69(56,4)5)74(64(53)66)65-54-42-58-59(43-62(54)77-67(65)75)72(10,11)37-36-71(58,8)9/h14-33,38-43H,34-37H2,1-13H3. The molecule has 3 heterocycles. The van der Waals surface area contributed by atoms with E-state index in [9.17, 15) is 0 Å². The molecule has 0 saturated heterocycles. The molecule has 0 bridgehead atoms. The summed E-state index contributed by atoms with van der Waals surface area (Å²) in [6.07, 6.45) is 4.69. The molecule has 0 saturated carbocycles. The number of benzene rings is 8. The molecule has 3 aliphatic carbocycles. The highest BCUT2D eigenvalue weighted by molar-refractivity contribution is 7.26. The van der Waals surface area contributed by atoms with Gasteiger partial charge in [-0.2, -0.15) is 0 Å². The number of hydrogen-bond donors (Lipinski definition) is 0. The van der Waals surface area contributed by atoms with Crippen LogP contribution in [0.4, 0.5) is 27.8 Å². The minimum absolute atomic E-state index is 0.0322. The van der Waals surface area contributed by atoms with Crippen LogP contribution in [0.2, 0.25) is 0 Å². The minimum atomic E-state index is -0.308. The van der Waals surface area contributed by atoms with Gasteiger partial charge in [0, 0.05) is 38.3 Å². The van der Waals surface area contributed by atoms with Gasteiger partial charge in [-0.15, -0.1) is 11.3 Å². The van der Waals surface area contributed by atoms with E-state index in [1.165, 1.54) is 151 Å². The number of rotatable bonds is 4. The van der Waals surface area contributed by atoms with Gasteiger partial charge in [0.15, 0.2) is 0 Å². The first kappa shape index (κ1) is 48.7. The van der Waals surface area contributed by atoms with Gasteiger partial charge in [0.25, 0.3) is 0 Å². The summed E-state index contributed by atoms with van der Waals surface area (Å²) in [7, 11) is 0. The number of nitrogens with zero attached hydrogens (tertiary/aromatic N) is 2. The average Bonchev–Trinajstić information content (AvgIpc) is 4.04. The van der Waals surface area contributed by atoms with Crippen LogP contribution < -0.4 is 20.6 Å². The van der Waals surface area contributed by atoms with Gasteiger partial charge >= 0.3 is 6.85 Å². The van der Waals surface area contributed by atoms with Crippen LogP contribution in [0.15, 0.2) is 158 Å². The fraction of sp³-hybridized carbons (Fsp3) is 0.315. The fourth-order valence-corrected chi connectivity index (χ4v) is 16.2. The molecule has 5 aliphatic rings. The summed E-state index contributed by atoms with van der Waals surface area (Å²) in [6.45, 7) is 31.8. The number of anilines is 5. The Morgan fingerprint density at radius 2 is 1.04 bits per heavy atom. The molecule has 0 atom stereocenters. The van der Waals surface area contributed by atoms with Crippen LogP contribution in [0, 0.1) is 0 Å². The predicted molar refractivity (Wildman–Crippen MR) is 333 cm³/mol. The molecule has 9 aromatic rings. The quantitative estimate of drug-likeness (QED) is 0.162. The van der Waals surface area contributed by atoms with E-state index in [2.05, 4.69) is 257 Å². The molecule has 2 aliphatic heterocycles. The van der Waals surface area contributed by atoms with Gasteiger partial charge in [-0.05, 0) is 196 Å². The fourth-order valence-electron chi connectivity index (χ4n) is 15.0. The summed E-state index contributed by atoms with van der Waals surface area (Å²) in [4.78, 5) is 5.64. The second kappa shape index (κ2) is 16.2. The van der Waals surface area contributed by atoms with Crippen LogP contribution >= 0.6 is 11.3 Å². The third-order valence-electron chi connectivity index (χ3n) is 19.7. The summed E-state index contributed by atoms with van der Waals surface area (Å²) in [5.41, 5.74) is 28.2. The molecule has 4 heteroatoms. The first-order chi connectivity index (χ1) is 36.5. The first-order valence-corrected chi connectivity index (χ1v) is 29.4. The summed E-state index contributed by atoms with van der Waals surface area (Å²) in [5.74, 6) is 0. The van der Waals surface area contributed by atoms with Crippen LogP contribution in [0.5, 0.6) is 0 Å². The molecule has 77 heavy (non-hydrogen) atoms. The van der Waals surface area contributed by atoms with E-state index in [0.717, 1.165) is 6.42 Å². The molecule has 1 aromatic heterocycles. The zero-order chi connectivity index (χ0) is 53.5. The van der Waals surface area contributed by atoms with Crippen molar-refractivity contribution in [3.05, 3.63) is 197 Å². The van der Waals surface area contributed by atoms with Crippen molar-refractivity contribution in [2.24, 2.45) is 0 Å². The van der Waals surface area contributed by atoms with Gasteiger partial charge in [0.1, 0.15) is 0 Å². The Kier molecular flexibility index (Phi) is 10.3. The van der Waals surface area contributed by atoms with Crippen molar-refractivity contribution in [3.8, 4) is 44.5 Å². The van der Waals surface area contributed by atoms with Gasteiger partial charge in [0.05, 0.1) is 10.7 Å². The smallest absolute Gasteiger partial charge is 0.334 e. The van der Waals surface area contributed by atoms with E-state index in [1.807, 2.05) is 11.3 Å². The van der Waals surface area contributed by atoms with E-state index < -0.39 is 0 Å². The van der Waals surface area contributed by atoms with Crippen molar-refractivity contribution in [3.63, 3.8) is 0 Å². The highest BCUT2D eigenvalue weighted by Crippen LogP contribution is 2.61. The van der Waals surface area contributed by atoms with Crippen molar-refractivity contribution >= 4 is 66.9 Å². The molecular formula is C73H73BN2S. The Morgan fingerprint density at radius 3 is 1.71 bits per heavy atom. The van der Waals surface area contributed by atoms with Gasteiger partial charge in [-0.25, -0.2) is 0 Å². The molecule has 8 aromatic carbocycles. The molecule has 0 fully saturated rings. The van der Waals surface area contributed by atoms with E-state index in [1.54, 1.807) is 0 Å². The molecule has 384 valence electrons. The Labute approximate surface area is 463 Å². The highest BCUT2D eigenvalue weighted by Gasteiger charge is 2.53. The average molecular weight is 1020 g/mol. The van der Waals surface area contributed by atoms with E-state index >= 15 is 0 Å². The van der Waals surface area contributed by atoms with Crippen molar-refractivity contribution in [1.82, 2.24) is 0 Å². The molecule has 0 unspecified atom stereocenters. The van der Waals surface area contributed by atoms with Crippen LogP contribution in [-0.2, 0) is 32.5 Å². The molecule has 0 radical (unpaired) electrons. The Balaban J connectivity index is 1.19. The largest absolute Gasteiger partial charge is 0.376 e. The lowest BCUT2D eigenvalue weighted by Gasteiger charge is -2.48. The SMILES string of the molecule is CC(C)(C)c1ccc(N2c3sc4cc5c(cc4c3B3c4c(cc6c(c42)C(C)(C)c2ccccc2-6)-c2cc(-c4ccccc4)ccc2N3c2ccc3c(c2)C(C)(C)CCC3(C)C)C(C)(C)CCC5(C)C)c(-c2ccccc2)c1. The van der Waals surface area contributed by atoms with E-state index in [0.29, 0.717) is 0 Å². The summed E-state index contributed by atoms with van der Waals surface area (Å²) in [6, 6.07) is 62.1. The van der Waals surface area contributed by atoms with Crippen molar-refractivity contribution in [2.45, 2.75) is 148 Å². The molecular weight excluding hydrogens is 948 g/mol. The summed E-state index contributed by atoms with van der Waals surface area (Å²) in [5, 5.41) is 2.72. The molecule has 2 nitrogen and oxygen atoms in total. The monoisotopic (exact) mass is 1020 g/mol.